The van der Waals surface area contributed by atoms with Gasteiger partial charge in [0.15, 0.2) is 5.82 Å². The molecule has 216 valence electrons. The average molecular weight is 589 g/mol. The lowest BCUT2D eigenvalue weighted by molar-refractivity contribution is 0.732. The third kappa shape index (κ3) is 3.47. The minimum absolute atomic E-state index is 0.620. The molecule has 4 nitrogen and oxygen atoms in total. The molecule has 1 aliphatic heterocycles. The lowest BCUT2D eigenvalue weighted by atomic mass is 9.72. The molecule has 2 aliphatic rings. The van der Waals surface area contributed by atoms with Crippen molar-refractivity contribution in [3.8, 4) is 39.6 Å². The van der Waals surface area contributed by atoms with Crippen molar-refractivity contribution >= 4 is 16.6 Å². The van der Waals surface area contributed by atoms with Gasteiger partial charge in [-0.15, -0.1) is 0 Å². The Kier molecular flexibility index (Phi) is 5.68. The van der Waals surface area contributed by atoms with Gasteiger partial charge in [0.25, 0.3) is 0 Å². The van der Waals surface area contributed by atoms with Gasteiger partial charge in [0, 0.05) is 16.7 Å². The number of rotatable bonds is 5. The Morgan fingerprint density at radius 3 is 1.98 bits per heavy atom. The van der Waals surface area contributed by atoms with Gasteiger partial charge < -0.3 is 0 Å². The summed E-state index contributed by atoms with van der Waals surface area (Å²) in [5, 5.41) is 0. The van der Waals surface area contributed by atoms with Crippen LogP contribution in [0.5, 0.6) is 0 Å². The normalized spacial score (nSPS) is 16.0. The van der Waals surface area contributed by atoms with E-state index in [1.165, 1.54) is 16.7 Å². The molecule has 0 fully saturated rings. The van der Waals surface area contributed by atoms with Crippen molar-refractivity contribution in [3.63, 3.8) is 0 Å². The maximum atomic E-state index is 5.46. The molecule has 0 bridgehead atoms. The number of benzene rings is 5. The zero-order valence-electron chi connectivity index (χ0n) is 25.1. The highest BCUT2D eigenvalue weighted by molar-refractivity contribution is 5.98. The fourth-order valence-electron chi connectivity index (χ4n) is 7.54. The molecular weight excluding hydrogens is 560 g/mol. The maximum absolute atomic E-state index is 5.46. The first-order valence-electron chi connectivity index (χ1n) is 15.5. The SMILES string of the molecule is C=CC1=C(C=C)C2(c3ccccc31)c1ccccc1-n1c2nc2cccc(-c3cc(-c4ccccc4)nc(-c4ccccc4)n3)c21. The third-order valence-electron chi connectivity index (χ3n) is 9.39. The molecule has 7 aromatic rings. The van der Waals surface area contributed by atoms with Crippen molar-refractivity contribution < 1.29 is 0 Å². The zero-order chi connectivity index (χ0) is 30.8. The van der Waals surface area contributed by atoms with Crippen LogP contribution >= 0.6 is 0 Å². The quantitative estimate of drug-likeness (QED) is 0.201. The van der Waals surface area contributed by atoms with E-state index >= 15 is 0 Å². The number of aromatic nitrogens is 4. The summed E-state index contributed by atoms with van der Waals surface area (Å²) in [6.45, 7) is 8.55. The predicted molar refractivity (Wildman–Crippen MR) is 187 cm³/mol. The van der Waals surface area contributed by atoms with Crippen molar-refractivity contribution in [2.24, 2.45) is 0 Å². The Hall–Kier alpha value is -6.13. The monoisotopic (exact) mass is 588 g/mol. The van der Waals surface area contributed by atoms with E-state index in [9.17, 15) is 0 Å². The van der Waals surface area contributed by atoms with E-state index in [0.29, 0.717) is 5.82 Å². The van der Waals surface area contributed by atoms with E-state index in [1.807, 2.05) is 48.6 Å². The van der Waals surface area contributed by atoms with Crippen LogP contribution in [0, 0.1) is 0 Å². The molecule has 9 rings (SSSR count). The van der Waals surface area contributed by atoms with Crippen LogP contribution in [-0.2, 0) is 5.41 Å². The van der Waals surface area contributed by atoms with Crippen LogP contribution in [0.3, 0.4) is 0 Å². The van der Waals surface area contributed by atoms with Crippen molar-refractivity contribution in [1.82, 2.24) is 19.5 Å². The summed E-state index contributed by atoms with van der Waals surface area (Å²) in [6.07, 6.45) is 3.95. The van der Waals surface area contributed by atoms with Crippen molar-refractivity contribution in [2.75, 3.05) is 0 Å². The molecule has 0 amide bonds. The van der Waals surface area contributed by atoms with E-state index in [4.69, 9.17) is 15.0 Å². The van der Waals surface area contributed by atoms with Gasteiger partial charge in [-0.3, -0.25) is 4.57 Å². The standard InChI is InChI=1S/C42H28N4/c1-3-29-30-20-11-12-22-33(30)42(32(29)4-2)34-23-13-14-25-38(34)46-39-31(21-15-24-35(39)45-41(42)46)37-26-36(27-16-7-5-8-17-27)43-40(44-37)28-18-9-6-10-19-28/h3-26H,1-2H2. The molecule has 1 unspecified atom stereocenters. The van der Waals surface area contributed by atoms with Crippen molar-refractivity contribution in [2.45, 2.75) is 5.41 Å². The largest absolute Gasteiger partial charge is 0.294 e. The number of allylic oxidation sites excluding steroid dienone is 4. The van der Waals surface area contributed by atoms with E-state index in [0.717, 1.165) is 61.8 Å². The fraction of sp³-hybridized carbons (Fsp3) is 0.0238. The van der Waals surface area contributed by atoms with Gasteiger partial charge in [0.1, 0.15) is 11.2 Å². The Bertz CT molecular complexity index is 2340. The first-order chi connectivity index (χ1) is 22.7. The molecule has 0 N–H and O–H groups in total. The summed E-state index contributed by atoms with van der Waals surface area (Å²) in [7, 11) is 0. The Balaban J connectivity index is 1.38. The minimum Gasteiger partial charge on any atom is -0.294 e. The van der Waals surface area contributed by atoms with E-state index in [2.05, 4.69) is 115 Å². The van der Waals surface area contributed by atoms with Crippen LogP contribution < -0.4 is 0 Å². The second kappa shape index (κ2) is 9.94. The van der Waals surface area contributed by atoms with Gasteiger partial charge >= 0.3 is 0 Å². The number of hydrogen-bond acceptors (Lipinski definition) is 3. The number of hydrogen-bond donors (Lipinski definition) is 0. The first kappa shape index (κ1) is 26.3. The Morgan fingerprint density at radius 2 is 1.22 bits per heavy atom. The number of para-hydroxylation sites is 2. The molecule has 2 aromatic heterocycles. The van der Waals surface area contributed by atoms with Crippen LogP contribution in [0.2, 0.25) is 0 Å². The van der Waals surface area contributed by atoms with Gasteiger partial charge in [0.05, 0.1) is 28.1 Å². The molecule has 4 heteroatoms. The molecule has 0 radical (unpaired) electrons. The second-order valence-electron chi connectivity index (χ2n) is 11.7. The van der Waals surface area contributed by atoms with Crippen LogP contribution in [0.4, 0.5) is 0 Å². The highest BCUT2D eigenvalue weighted by atomic mass is 15.1. The molecule has 1 aliphatic carbocycles. The van der Waals surface area contributed by atoms with Gasteiger partial charge in [0.2, 0.25) is 0 Å². The summed E-state index contributed by atoms with van der Waals surface area (Å²) in [5.74, 6) is 1.64. The highest BCUT2D eigenvalue weighted by Gasteiger charge is 2.54. The lowest BCUT2D eigenvalue weighted by Gasteiger charge is -2.28. The third-order valence-corrected chi connectivity index (χ3v) is 9.39. The lowest BCUT2D eigenvalue weighted by Crippen LogP contribution is -2.27. The Morgan fingerprint density at radius 1 is 0.565 bits per heavy atom. The Labute approximate surface area is 267 Å². The van der Waals surface area contributed by atoms with Gasteiger partial charge in [-0.1, -0.05) is 141 Å². The highest BCUT2D eigenvalue weighted by Crippen LogP contribution is 2.60. The fourth-order valence-corrected chi connectivity index (χ4v) is 7.54. The molecule has 0 saturated heterocycles. The maximum Gasteiger partial charge on any atom is 0.160 e. The van der Waals surface area contributed by atoms with E-state index < -0.39 is 5.41 Å². The number of imidazole rings is 1. The molecule has 1 spiro atoms. The van der Waals surface area contributed by atoms with Crippen molar-refractivity contribution in [1.29, 1.82) is 0 Å². The average Bonchev–Trinajstić information content (AvgIpc) is 3.75. The smallest absolute Gasteiger partial charge is 0.160 e. The first-order valence-corrected chi connectivity index (χ1v) is 15.5. The van der Waals surface area contributed by atoms with Gasteiger partial charge in [-0.25, -0.2) is 15.0 Å². The van der Waals surface area contributed by atoms with Crippen LogP contribution in [0.25, 0.3) is 56.2 Å². The number of fused-ring (bicyclic) bond motifs is 9. The van der Waals surface area contributed by atoms with E-state index in [1.54, 1.807) is 0 Å². The molecule has 46 heavy (non-hydrogen) atoms. The zero-order valence-corrected chi connectivity index (χ0v) is 25.1. The van der Waals surface area contributed by atoms with Gasteiger partial charge in [-0.05, 0) is 46.0 Å². The molecule has 5 aromatic carbocycles. The molecular formula is C42H28N4. The van der Waals surface area contributed by atoms with Crippen LogP contribution in [-0.4, -0.2) is 19.5 Å². The summed E-state index contributed by atoms with van der Waals surface area (Å²) >= 11 is 0. The summed E-state index contributed by atoms with van der Waals surface area (Å²) in [5.41, 5.74) is 12.9. The summed E-state index contributed by atoms with van der Waals surface area (Å²) < 4.78 is 2.35. The second-order valence-corrected chi connectivity index (χ2v) is 11.7. The molecule has 1 atom stereocenters. The number of nitrogens with zero attached hydrogens (tertiary/aromatic N) is 4. The predicted octanol–water partition coefficient (Wildman–Crippen LogP) is 9.60. The molecule has 3 heterocycles. The summed E-state index contributed by atoms with van der Waals surface area (Å²) in [6, 6.07) is 46.2. The molecule has 0 saturated carbocycles. The topological polar surface area (TPSA) is 43.6 Å². The summed E-state index contributed by atoms with van der Waals surface area (Å²) in [4.78, 5) is 15.7. The van der Waals surface area contributed by atoms with E-state index in [-0.39, 0.29) is 0 Å². The minimum atomic E-state index is -0.620. The van der Waals surface area contributed by atoms with Crippen LogP contribution in [0.15, 0.2) is 164 Å². The van der Waals surface area contributed by atoms with Crippen molar-refractivity contribution in [3.05, 3.63) is 187 Å². The van der Waals surface area contributed by atoms with Gasteiger partial charge in [-0.2, -0.15) is 0 Å². The van der Waals surface area contributed by atoms with Crippen LogP contribution in [0.1, 0.15) is 22.5 Å².